The topological polar surface area (TPSA) is 40.5 Å². The van der Waals surface area contributed by atoms with E-state index in [-0.39, 0.29) is 0 Å². The van der Waals surface area contributed by atoms with E-state index in [0.29, 0.717) is 12.6 Å². The van der Waals surface area contributed by atoms with Crippen molar-refractivity contribution >= 4 is 21.9 Å². The average molecular weight is 354 g/mol. The van der Waals surface area contributed by atoms with E-state index in [9.17, 15) is 9.90 Å². The standard InChI is InChI=1S/C17H24BrNO2/c1-3-9-17(16(20)21)10-11-19(12-17)15(4-2)13-5-7-14(18)8-6-13/h5-8,15H,3-4,9-12H2,1-2H3,(H,20,21). The van der Waals surface area contributed by atoms with Crippen molar-refractivity contribution in [1.82, 2.24) is 4.90 Å². The Bertz CT molecular complexity index is 488. The minimum Gasteiger partial charge on any atom is -0.481 e. The second kappa shape index (κ2) is 6.93. The lowest BCUT2D eigenvalue weighted by Gasteiger charge is -2.30. The normalized spacial score (nSPS) is 24.1. The minimum atomic E-state index is -0.627. The van der Waals surface area contributed by atoms with Crippen LogP contribution >= 0.6 is 15.9 Å². The highest BCUT2D eigenvalue weighted by atomic mass is 79.9. The van der Waals surface area contributed by atoms with E-state index in [1.807, 2.05) is 0 Å². The number of carbonyl (C=O) groups is 1. The molecule has 2 unspecified atom stereocenters. The number of hydrogen-bond donors (Lipinski definition) is 1. The molecule has 0 aliphatic carbocycles. The zero-order valence-corrected chi connectivity index (χ0v) is 14.4. The number of hydrogen-bond acceptors (Lipinski definition) is 2. The largest absolute Gasteiger partial charge is 0.481 e. The molecule has 2 atom stereocenters. The fraction of sp³-hybridized carbons (Fsp3) is 0.588. The quantitative estimate of drug-likeness (QED) is 0.819. The second-order valence-electron chi connectivity index (χ2n) is 6.03. The molecule has 21 heavy (non-hydrogen) atoms. The number of rotatable bonds is 6. The van der Waals surface area contributed by atoms with Gasteiger partial charge >= 0.3 is 5.97 Å². The molecule has 1 aliphatic rings. The van der Waals surface area contributed by atoms with Crippen molar-refractivity contribution in [3.8, 4) is 0 Å². The third-order valence-corrected chi connectivity index (χ3v) is 5.18. The van der Waals surface area contributed by atoms with E-state index in [1.165, 1.54) is 5.56 Å². The molecule has 0 bridgehead atoms. The van der Waals surface area contributed by atoms with Crippen LogP contribution in [-0.2, 0) is 4.79 Å². The van der Waals surface area contributed by atoms with Gasteiger partial charge in [0.05, 0.1) is 5.41 Å². The summed E-state index contributed by atoms with van der Waals surface area (Å²) in [4.78, 5) is 14.1. The molecule has 3 nitrogen and oxygen atoms in total. The molecule has 0 aromatic heterocycles. The van der Waals surface area contributed by atoms with Gasteiger partial charge in [0.25, 0.3) is 0 Å². The average Bonchev–Trinajstić information content (AvgIpc) is 2.88. The van der Waals surface area contributed by atoms with E-state index >= 15 is 0 Å². The lowest BCUT2D eigenvalue weighted by molar-refractivity contribution is -0.148. The summed E-state index contributed by atoms with van der Waals surface area (Å²) in [7, 11) is 0. The first-order chi connectivity index (χ1) is 10.0. The van der Waals surface area contributed by atoms with Crippen LogP contribution in [0.5, 0.6) is 0 Å². The Morgan fingerprint density at radius 1 is 1.38 bits per heavy atom. The number of benzene rings is 1. The Labute approximate surface area is 135 Å². The Hall–Kier alpha value is -0.870. The smallest absolute Gasteiger partial charge is 0.310 e. The maximum atomic E-state index is 11.7. The fourth-order valence-electron chi connectivity index (χ4n) is 3.52. The Morgan fingerprint density at radius 3 is 2.57 bits per heavy atom. The van der Waals surface area contributed by atoms with Gasteiger partial charge in [-0.1, -0.05) is 48.3 Å². The highest BCUT2D eigenvalue weighted by Crippen LogP contribution is 2.40. The first kappa shape index (κ1) is 16.5. The van der Waals surface area contributed by atoms with Gasteiger partial charge in [-0.15, -0.1) is 0 Å². The van der Waals surface area contributed by atoms with Crippen molar-refractivity contribution in [3.63, 3.8) is 0 Å². The van der Waals surface area contributed by atoms with Crippen molar-refractivity contribution < 1.29 is 9.90 Å². The zero-order chi connectivity index (χ0) is 15.5. The zero-order valence-electron chi connectivity index (χ0n) is 12.8. The third-order valence-electron chi connectivity index (χ3n) is 4.65. The van der Waals surface area contributed by atoms with Crippen molar-refractivity contribution in [3.05, 3.63) is 34.3 Å². The number of halogens is 1. The van der Waals surface area contributed by atoms with E-state index in [0.717, 1.165) is 36.7 Å². The molecule has 2 rings (SSSR count). The lowest BCUT2D eigenvalue weighted by atomic mass is 9.82. The van der Waals surface area contributed by atoms with Crippen LogP contribution in [0.1, 0.15) is 51.1 Å². The van der Waals surface area contributed by atoms with E-state index < -0.39 is 11.4 Å². The van der Waals surface area contributed by atoms with Gasteiger partial charge in [0, 0.05) is 17.1 Å². The monoisotopic (exact) mass is 353 g/mol. The highest BCUT2D eigenvalue weighted by Gasteiger charge is 2.45. The van der Waals surface area contributed by atoms with Crippen LogP contribution in [0.15, 0.2) is 28.7 Å². The number of carboxylic acid groups (broad SMARTS) is 1. The molecular formula is C17H24BrNO2. The van der Waals surface area contributed by atoms with Gasteiger partial charge in [-0.2, -0.15) is 0 Å². The molecule has 1 saturated heterocycles. The second-order valence-corrected chi connectivity index (χ2v) is 6.95. The maximum Gasteiger partial charge on any atom is 0.310 e. The van der Waals surface area contributed by atoms with Crippen molar-refractivity contribution in [2.75, 3.05) is 13.1 Å². The van der Waals surface area contributed by atoms with Crippen LogP contribution in [0.25, 0.3) is 0 Å². The van der Waals surface area contributed by atoms with Crippen LogP contribution in [0.4, 0.5) is 0 Å². The summed E-state index contributed by atoms with van der Waals surface area (Å²) in [6.07, 6.45) is 3.47. The summed E-state index contributed by atoms with van der Waals surface area (Å²) in [5.41, 5.74) is 0.732. The van der Waals surface area contributed by atoms with Crippen molar-refractivity contribution in [2.45, 2.75) is 45.6 Å². The van der Waals surface area contributed by atoms with Gasteiger partial charge in [0.15, 0.2) is 0 Å². The Balaban J connectivity index is 2.17. The molecule has 0 amide bonds. The summed E-state index contributed by atoms with van der Waals surface area (Å²) < 4.78 is 1.08. The number of likely N-dealkylation sites (tertiary alicyclic amines) is 1. The van der Waals surface area contributed by atoms with Crippen molar-refractivity contribution in [1.29, 1.82) is 0 Å². The molecule has 4 heteroatoms. The van der Waals surface area contributed by atoms with Gasteiger partial charge in [0.2, 0.25) is 0 Å². The van der Waals surface area contributed by atoms with Gasteiger partial charge in [0.1, 0.15) is 0 Å². The molecule has 1 aromatic carbocycles. The Morgan fingerprint density at radius 2 is 2.05 bits per heavy atom. The van der Waals surface area contributed by atoms with E-state index in [1.54, 1.807) is 0 Å². The van der Waals surface area contributed by atoms with E-state index in [2.05, 4.69) is 58.9 Å². The molecule has 1 fully saturated rings. The summed E-state index contributed by atoms with van der Waals surface area (Å²) >= 11 is 3.47. The summed E-state index contributed by atoms with van der Waals surface area (Å²) in [5, 5.41) is 9.64. The SMILES string of the molecule is CCCC1(C(=O)O)CCN(C(CC)c2ccc(Br)cc2)C1. The minimum absolute atomic E-state index is 0.316. The predicted molar refractivity (Wildman–Crippen MR) is 88.3 cm³/mol. The van der Waals surface area contributed by atoms with Crippen LogP contribution in [0.2, 0.25) is 0 Å². The molecule has 1 aromatic rings. The molecule has 0 radical (unpaired) electrons. The van der Waals surface area contributed by atoms with E-state index in [4.69, 9.17) is 0 Å². The van der Waals surface area contributed by atoms with Crippen LogP contribution < -0.4 is 0 Å². The van der Waals surface area contributed by atoms with Gasteiger partial charge in [-0.05, 0) is 43.5 Å². The number of carboxylic acids is 1. The molecule has 1 aliphatic heterocycles. The first-order valence-electron chi connectivity index (χ1n) is 7.75. The maximum absolute atomic E-state index is 11.7. The Kier molecular flexibility index (Phi) is 5.44. The lowest BCUT2D eigenvalue weighted by Crippen LogP contribution is -2.35. The molecule has 1 N–H and O–H groups in total. The number of aliphatic carboxylic acids is 1. The first-order valence-corrected chi connectivity index (χ1v) is 8.54. The van der Waals surface area contributed by atoms with Crippen LogP contribution in [0, 0.1) is 5.41 Å². The number of nitrogens with zero attached hydrogens (tertiary/aromatic N) is 1. The predicted octanol–water partition coefficient (Wildman–Crippen LogP) is 4.48. The summed E-state index contributed by atoms with van der Waals surface area (Å²) in [6.45, 7) is 5.79. The molecule has 0 spiro atoms. The summed E-state index contributed by atoms with van der Waals surface area (Å²) in [6, 6.07) is 8.71. The third kappa shape index (κ3) is 3.49. The van der Waals surface area contributed by atoms with Crippen LogP contribution in [-0.4, -0.2) is 29.1 Å². The fourth-order valence-corrected chi connectivity index (χ4v) is 3.79. The van der Waals surface area contributed by atoms with Crippen LogP contribution in [0.3, 0.4) is 0 Å². The molecular weight excluding hydrogens is 330 g/mol. The van der Waals surface area contributed by atoms with Gasteiger partial charge in [-0.25, -0.2) is 0 Å². The summed E-state index contributed by atoms with van der Waals surface area (Å²) in [5.74, 6) is -0.627. The highest BCUT2D eigenvalue weighted by molar-refractivity contribution is 9.10. The molecule has 116 valence electrons. The molecule has 1 heterocycles. The molecule has 0 saturated carbocycles. The van der Waals surface area contributed by atoms with Gasteiger partial charge < -0.3 is 5.11 Å². The van der Waals surface area contributed by atoms with Crippen molar-refractivity contribution in [2.24, 2.45) is 5.41 Å². The van der Waals surface area contributed by atoms with Gasteiger partial charge in [-0.3, -0.25) is 9.69 Å².